The van der Waals surface area contributed by atoms with Gasteiger partial charge in [-0.15, -0.1) is 0 Å². The zero-order valence-corrected chi connectivity index (χ0v) is 6.33. The number of halogens is 1. The highest BCUT2D eigenvalue weighted by atomic mass is 19.1. The standard InChI is InChI=1S/C7H12FN/c1-5(2)7(8)6(3)9-4/h1-4H3. The van der Waals surface area contributed by atoms with Crippen molar-refractivity contribution < 1.29 is 4.39 Å². The third-order valence-electron chi connectivity index (χ3n) is 1.09. The zero-order chi connectivity index (χ0) is 7.44. The Morgan fingerprint density at radius 1 is 1.22 bits per heavy atom. The predicted molar refractivity (Wildman–Crippen MR) is 38.5 cm³/mol. The average Bonchev–Trinajstić information content (AvgIpc) is 1.84. The van der Waals surface area contributed by atoms with Gasteiger partial charge in [0.15, 0.2) is 0 Å². The van der Waals surface area contributed by atoms with Crippen LogP contribution >= 0.6 is 0 Å². The van der Waals surface area contributed by atoms with E-state index in [9.17, 15) is 4.39 Å². The van der Waals surface area contributed by atoms with Crippen molar-refractivity contribution >= 4 is 5.71 Å². The first-order valence-corrected chi connectivity index (χ1v) is 2.86. The summed E-state index contributed by atoms with van der Waals surface area (Å²) in [6, 6.07) is 0. The molecule has 0 unspecified atom stereocenters. The van der Waals surface area contributed by atoms with E-state index in [1.807, 2.05) is 0 Å². The maximum absolute atomic E-state index is 12.7. The van der Waals surface area contributed by atoms with Crippen LogP contribution in [0.15, 0.2) is 16.4 Å². The molecule has 0 radical (unpaired) electrons. The number of rotatable bonds is 1. The second-order valence-electron chi connectivity index (χ2n) is 2.12. The van der Waals surface area contributed by atoms with Gasteiger partial charge in [-0.25, -0.2) is 4.39 Å². The Morgan fingerprint density at radius 2 is 1.67 bits per heavy atom. The number of allylic oxidation sites excluding steroid dienone is 2. The third kappa shape index (κ3) is 2.40. The van der Waals surface area contributed by atoms with Gasteiger partial charge in [-0.3, -0.25) is 4.99 Å². The summed E-state index contributed by atoms with van der Waals surface area (Å²) in [5, 5.41) is 0. The molecule has 0 bridgehead atoms. The molecule has 0 atom stereocenters. The van der Waals surface area contributed by atoms with Crippen LogP contribution in [-0.2, 0) is 0 Å². The van der Waals surface area contributed by atoms with E-state index in [4.69, 9.17) is 0 Å². The van der Waals surface area contributed by atoms with Crippen molar-refractivity contribution in [1.29, 1.82) is 0 Å². The average molecular weight is 129 g/mol. The van der Waals surface area contributed by atoms with Gasteiger partial charge < -0.3 is 0 Å². The van der Waals surface area contributed by atoms with E-state index in [0.717, 1.165) is 0 Å². The molecule has 0 amide bonds. The minimum atomic E-state index is -0.197. The van der Waals surface area contributed by atoms with Gasteiger partial charge in [0.05, 0.1) is 5.71 Å². The monoisotopic (exact) mass is 129 g/mol. The fraction of sp³-hybridized carbons (Fsp3) is 0.571. The second kappa shape index (κ2) is 3.38. The summed E-state index contributed by atoms with van der Waals surface area (Å²) in [6.07, 6.45) is 0. The molecule has 0 spiro atoms. The van der Waals surface area contributed by atoms with Crippen LogP contribution in [0.1, 0.15) is 20.8 Å². The summed E-state index contributed by atoms with van der Waals surface area (Å²) in [7, 11) is 1.58. The molecular formula is C7H12FN. The topological polar surface area (TPSA) is 12.4 Å². The molecule has 0 aromatic heterocycles. The van der Waals surface area contributed by atoms with Crippen LogP contribution in [0.4, 0.5) is 4.39 Å². The lowest BCUT2D eigenvalue weighted by molar-refractivity contribution is 0.667. The number of aliphatic imine (C=N–C) groups is 1. The summed E-state index contributed by atoms with van der Waals surface area (Å²) < 4.78 is 12.7. The van der Waals surface area contributed by atoms with Crippen molar-refractivity contribution in [3.63, 3.8) is 0 Å². The van der Waals surface area contributed by atoms with Crippen molar-refractivity contribution in [2.45, 2.75) is 20.8 Å². The largest absolute Gasteiger partial charge is 0.290 e. The van der Waals surface area contributed by atoms with Gasteiger partial charge >= 0.3 is 0 Å². The normalized spacial score (nSPS) is 11.4. The fourth-order valence-electron chi connectivity index (χ4n) is 0.460. The van der Waals surface area contributed by atoms with Crippen LogP contribution in [-0.4, -0.2) is 12.8 Å². The van der Waals surface area contributed by atoms with Gasteiger partial charge in [-0.2, -0.15) is 0 Å². The lowest BCUT2D eigenvalue weighted by Crippen LogP contribution is -1.92. The fourth-order valence-corrected chi connectivity index (χ4v) is 0.460. The molecule has 0 saturated heterocycles. The smallest absolute Gasteiger partial charge is 0.142 e. The van der Waals surface area contributed by atoms with Crippen molar-refractivity contribution in [2.24, 2.45) is 4.99 Å². The van der Waals surface area contributed by atoms with Crippen LogP contribution < -0.4 is 0 Å². The van der Waals surface area contributed by atoms with Gasteiger partial charge in [0.1, 0.15) is 5.83 Å². The highest BCUT2D eigenvalue weighted by Gasteiger charge is 1.98. The Balaban J connectivity index is 4.40. The molecule has 0 aromatic rings. The molecular weight excluding hydrogens is 117 g/mol. The summed E-state index contributed by atoms with van der Waals surface area (Å²) in [6.45, 7) is 5.11. The Bertz CT molecular complexity index is 152. The van der Waals surface area contributed by atoms with Gasteiger partial charge in [-0.1, -0.05) is 0 Å². The molecule has 1 nitrogen and oxygen atoms in total. The van der Waals surface area contributed by atoms with E-state index >= 15 is 0 Å². The second-order valence-corrected chi connectivity index (χ2v) is 2.12. The molecule has 0 aliphatic heterocycles. The van der Waals surface area contributed by atoms with Gasteiger partial charge in [-0.05, 0) is 26.3 Å². The van der Waals surface area contributed by atoms with Crippen LogP contribution in [0.2, 0.25) is 0 Å². The van der Waals surface area contributed by atoms with Gasteiger partial charge in [0.2, 0.25) is 0 Å². The van der Waals surface area contributed by atoms with Crippen molar-refractivity contribution in [2.75, 3.05) is 7.05 Å². The van der Waals surface area contributed by atoms with E-state index in [2.05, 4.69) is 4.99 Å². The van der Waals surface area contributed by atoms with Gasteiger partial charge in [0.25, 0.3) is 0 Å². The lowest BCUT2D eigenvalue weighted by atomic mass is 10.2. The van der Waals surface area contributed by atoms with Crippen LogP contribution in [0.3, 0.4) is 0 Å². The molecule has 0 fully saturated rings. The molecule has 0 N–H and O–H groups in total. The molecule has 9 heavy (non-hydrogen) atoms. The Labute approximate surface area is 55.3 Å². The van der Waals surface area contributed by atoms with Crippen molar-refractivity contribution in [1.82, 2.24) is 0 Å². The van der Waals surface area contributed by atoms with E-state index in [0.29, 0.717) is 11.3 Å². The number of hydrogen-bond donors (Lipinski definition) is 0. The Hall–Kier alpha value is -0.660. The maximum Gasteiger partial charge on any atom is 0.142 e. The quantitative estimate of drug-likeness (QED) is 0.482. The van der Waals surface area contributed by atoms with E-state index < -0.39 is 0 Å². The number of nitrogens with zero attached hydrogens (tertiary/aromatic N) is 1. The van der Waals surface area contributed by atoms with E-state index in [1.165, 1.54) is 0 Å². The molecule has 52 valence electrons. The molecule has 0 rings (SSSR count). The summed E-state index contributed by atoms with van der Waals surface area (Å²) in [4.78, 5) is 3.69. The first-order valence-electron chi connectivity index (χ1n) is 2.86. The minimum absolute atomic E-state index is 0.197. The maximum atomic E-state index is 12.7. The lowest BCUT2D eigenvalue weighted by Gasteiger charge is -1.95. The molecule has 0 saturated carbocycles. The van der Waals surface area contributed by atoms with Crippen LogP contribution in [0, 0.1) is 0 Å². The summed E-state index contributed by atoms with van der Waals surface area (Å²) >= 11 is 0. The van der Waals surface area contributed by atoms with Crippen molar-refractivity contribution in [3.8, 4) is 0 Å². The number of hydrogen-bond acceptors (Lipinski definition) is 1. The Kier molecular flexibility index (Phi) is 3.13. The molecule has 2 heteroatoms. The highest BCUT2D eigenvalue weighted by Crippen LogP contribution is 2.05. The first-order chi connectivity index (χ1) is 4.09. The highest BCUT2D eigenvalue weighted by molar-refractivity contribution is 5.96. The third-order valence-corrected chi connectivity index (χ3v) is 1.09. The van der Waals surface area contributed by atoms with Crippen LogP contribution in [0.5, 0.6) is 0 Å². The van der Waals surface area contributed by atoms with Crippen molar-refractivity contribution in [3.05, 3.63) is 11.4 Å². The van der Waals surface area contributed by atoms with Gasteiger partial charge in [0, 0.05) is 7.05 Å². The molecule has 0 aliphatic carbocycles. The SMILES string of the molecule is CN=C(C)C(F)=C(C)C. The summed E-state index contributed by atoms with van der Waals surface area (Å²) in [5.41, 5.74) is 1.15. The molecule has 0 heterocycles. The Morgan fingerprint density at radius 3 is 1.78 bits per heavy atom. The minimum Gasteiger partial charge on any atom is -0.290 e. The first kappa shape index (κ1) is 8.34. The molecule has 0 aromatic carbocycles. The van der Waals surface area contributed by atoms with E-state index in [1.54, 1.807) is 27.8 Å². The zero-order valence-electron chi connectivity index (χ0n) is 6.33. The predicted octanol–water partition coefficient (Wildman–Crippen LogP) is 2.34. The van der Waals surface area contributed by atoms with Crippen LogP contribution in [0.25, 0.3) is 0 Å². The summed E-state index contributed by atoms with van der Waals surface area (Å²) in [5.74, 6) is -0.197. The van der Waals surface area contributed by atoms with E-state index in [-0.39, 0.29) is 5.83 Å². The molecule has 0 aliphatic rings.